The van der Waals surface area contributed by atoms with Crippen LogP contribution in [0.4, 0.5) is 5.69 Å². The Balaban J connectivity index is 1.12. The average Bonchev–Trinajstić information content (AvgIpc) is 2.82. The predicted molar refractivity (Wildman–Crippen MR) is 129 cm³/mol. The van der Waals surface area contributed by atoms with E-state index < -0.39 is 5.60 Å². The summed E-state index contributed by atoms with van der Waals surface area (Å²) in [7, 11) is 0. The molecule has 2 aromatic carbocycles. The van der Waals surface area contributed by atoms with Crippen LogP contribution in [0.2, 0.25) is 0 Å². The fourth-order valence-corrected chi connectivity index (χ4v) is 5.06. The molecule has 0 saturated carbocycles. The molecule has 2 aromatic rings. The van der Waals surface area contributed by atoms with Crippen molar-refractivity contribution < 1.29 is 24.1 Å². The summed E-state index contributed by atoms with van der Waals surface area (Å²) in [5.41, 5.74) is 1.73. The van der Waals surface area contributed by atoms with Gasteiger partial charge in [0.1, 0.15) is 17.5 Å². The molecule has 3 fully saturated rings. The number of aliphatic hydroxyl groups is 1. The van der Waals surface area contributed by atoms with Crippen molar-refractivity contribution in [3.63, 3.8) is 0 Å². The van der Waals surface area contributed by atoms with Gasteiger partial charge in [0, 0.05) is 50.3 Å². The minimum absolute atomic E-state index is 0.0279. The van der Waals surface area contributed by atoms with E-state index >= 15 is 0 Å². The standard InChI is InChI=1S/C27H34N2O5/c1-19-15-29(16-20(2)33-19)23-7-9-24(10-8-23)34-25-11-13-28(14-12-25)26(30)21-3-5-22(6-4-21)27(31)17-32-18-27/h3-10,19-20,25,31H,11-18H2,1-2H3/t19-,20+. The monoisotopic (exact) mass is 466 g/mol. The van der Waals surface area contributed by atoms with Gasteiger partial charge in [-0.1, -0.05) is 12.1 Å². The van der Waals surface area contributed by atoms with Gasteiger partial charge in [-0.25, -0.2) is 0 Å². The summed E-state index contributed by atoms with van der Waals surface area (Å²) in [6.07, 6.45) is 2.18. The first-order valence-electron chi connectivity index (χ1n) is 12.3. The Morgan fingerprint density at radius 1 is 0.971 bits per heavy atom. The van der Waals surface area contributed by atoms with E-state index in [2.05, 4.69) is 30.9 Å². The van der Waals surface area contributed by atoms with E-state index in [9.17, 15) is 9.90 Å². The molecule has 3 saturated heterocycles. The third-order valence-corrected chi connectivity index (χ3v) is 7.00. The lowest BCUT2D eigenvalue weighted by Crippen LogP contribution is -2.46. The number of benzene rings is 2. The van der Waals surface area contributed by atoms with E-state index in [1.54, 1.807) is 12.1 Å². The molecule has 3 aliphatic heterocycles. The Hall–Kier alpha value is -2.61. The minimum atomic E-state index is -0.908. The molecule has 0 unspecified atom stereocenters. The molecule has 0 bridgehead atoms. The second-order valence-electron chi connectivity index (χ2n) is 9.87. The Morgan fingerprint density at radius 2 is 1.59 bits per heavy atom. The maximum Gasteiger partial charge on any atom is 0.253 e. The number of anilines is 1. The van der Waals surface area contributed by atoms with Crippen molar-refractivity contribution in [2.45, 2.75) is 50.6 Å². The Labute approximate surface area is 201 Å². The summed E-state index contributed by atoms with van der Waals surface area (Å²) >= 11 is 0. The van der Waals surface area contributed by atoms with Gasteiger partial charge in [-0.3, -0.25) is 4.79 Å². The summed E-state index contributed by atoms with van der Waals surface area (Å²) < 4.78 is 17.2. The number of hydrogen-bond donors (Lipinski definition) is 1. The zero-order chi connectivity index (χ0) is 23.7. The molecule has 7 nitrogen and oxygen atoms in total. The lowest BCUT2D eigenvalue weighted by atomic mass is 9.91. The molecule has 182 valence electrons. The number of piperidine rings is 1. The molecule has 3 heterocycles. The van der Waals surface area contributed by atoms with E-state index in [1.165, 1.54) is 5.69 Å². The molecule has 0 radical (unpaired) electrons. The molecule has 1 amide bonds. The molecule has 3 aliphatic rings. The zero-order valence-electron chi connectivity index (χ0n) is 20.0. The normalized spacial score (nSPS) is 25.0. The Morgan fingerprint density at radius 3 is 2.15 bits per heavy atom. The van der Waals surface area contributed by atoms with Crippen LogP contribution in [-0.4, -0.2) is 73.6 Å². The van der Waals surface area contributed by atoms with Crippen molar-refractivity contribution in [2.75, 3.05) is 44.3 Å². The third-order valence-electron chi connectivity index (χ3n) is 7.00. The first kappa shape index (κ1) is 23.1. The number of amides is 1. The molecule has 0 aliphatic carbocycles. The van der Waals surface area contributed by atoms with Crippen molar-refractivity contribution in [2.24, 2.45) is 0 Å². The quantitative estimate of drug-likeness (QED) is 0.730. The van der Waals surface area contributed by atoms with Crippen molar-refractivity contribution in [1.29, 1.82) is 0 Å². The molecule has 34 heavy (non-hydrogen) atoms. The van der Waals surface area contributed by atoms with Crippen LogP contribution >= 0.6 is 0 Å². The van der Waals surface area contributed by atoms with Crippen molar-refractivity contribution in [3.05, 3.63) is 59.7 Å². The second-order valence-corrected chi connectivity index (χ2v) is 9.87. The number of morpholine rings is 1. The van der Waals surface area contributed by atoms with Gasteiger partial charge in [0.05, 0.1) is 25.4 Å². The SMILES string of the molecule is C[C@@H]1CN(c2ccc(OC3CCN(C(=O)c4ccc(C5(O)COC5)cc4)CC3)cc2)C[C@H](C)O1. The fraction of sp³-hybridized carbons (Fsp3) is 0.519. The Kier molecular flexibility index (Phi) is 6.51. The number of carbonyl (C=O) groups excluding carboxylic acids is 1. The fourth-order valence-electron chi connectivity index (χ4n) is 5.06. The van der Waals surface area contributed by atoms with Gasteiger partial charge >= 0.3 is 0 Å². The van der Waals surface area contributed by atoms with Crippen LogP contribution in [0.25, 0.3) is 0 Å². The maximum absolute atomic E-state index is 12.9. The number of ether oxygens (including phenoxy) is 3. The molecular weight excluding hydrogens is 432 g/mol. The maximum atomic E-state index is 12.9. The van der Waals surface area contributed by atoms with Gasteiger partial charge in [-0.2, -0.15) is 0 Å². The summed E-state index contributed by atoms with van der Waals surface area (Å²) in [4.78, 5) is 17.2. The van der Waals surface area contributed by atoms with Gasteiger partial charge in [0.25, 0.3) is 5.91 Å². The van der Waals surface area contributed by atoms with E-state index in [4.69, 9.17) is 14.2 Å². The third kappa shape index (κ3) is 4.92. The highest BCUT2D eigenvalue weighted by atomic mass is 16.5. The van der Waals surface area contributed by atoms with Gasteiger partial charge in [0.2, 0.25) is 0 Å². The molecule has 0 spiro atoms. The molecular formula is C27H34N2O5. The lowest BCUT2D eigenvalue weighted by Gasteiger charge is -2.37. The number of rotatable bonds is 5. The zero-order valence-corrected chi connectivity index (χ0v) is 20.0. The van der Waals surface area contributed by atoms with Crippen LogP contribution in [0.5, 0.6) is 5.75 Å². The lowest BCUT2D eigenvalue weighted by molar-refractivity contribution is -0.184. The van der Waals surface area contributed by atoms with Crippen molar-refractivity contribution >= 4 is 11.6 Å². The van der Waals surface area contributed by atoms with Gasteiger partial charge < -0.3 is 29.1 Å². The number of likely N-dealkylation sites (tertiary alicyclic amines) is 1. The first-order chi connectivity index (χ1) is 16.4. The highest BCUT2D eigenvalue weighted by molar-refractivity contribution is 5.94. The molecule has 2 atom stereocenters. The van der Waals surface area contributed by atoms with Crippen LogP contribution < -0.4 is 9.64 Å². The van der Waals surface area contributed by atoms with Crippen molar-refractivity contribution in [3.8, 4) is 5.75 Å². The predicted octanol–water partition coefficient (Wildman–Crippen LogP) is 3.20. The van der Waals surface area contributed by atoms with Gasteiger partial charge in [0.15, 0.2) is 0 Å². The van der Waals surface area contributed by atoms with E-state index in [0.717, 1.165) is 37.2 Å². The first-order valence-corrected chi connectivity index (χ1v) is 12.3. The number of nitrogens with zero attached hydrogens (tertiary/aromatic N) is 2. The minimum Gasteiger partial charge on any atom is -0.490 e. The molecule has 1 N–H and O–H groups in total. The van der Waals surface area contributed by atoms with Gasteiger partial charge in [-0.15, -0.1) is 0 Å². The summed E-state index contributed by atoms with van der Waals surface area (Å²) in [5, 5.41) is 10.4. The van der Waals surface area contributed by atoms with Crippen LogP contribution in [-0.2, 0) is 15.1 Å². The molecule has 5 rings (SSSR count). The van der Waals surface area contributed by atoms with E-state index in [1.807, 2.05) is 29.2 Å². The van der Waals surface area contributed by atoms with Gasteiger partial charge in [-0.05, 0) is 55.8 Å². The summed E-state index contributed by atoms with van der Waals surface area (Å²) in [5.74, 6) is 0.900. The van der Waals surface area contributed by atoms with Crippen LogP contribution in [0.3, 0.4) is 0 Å². The second kappa shape index (κ2) is 9.56. The Bertz CT molecular complexity index is 971. The summed E-state index contributed by atoms with van der Waals surface area (Å²) in [6, 6.07) is 15.6. The topological polar surface area (TPSA) is 71.5 Å². The number of hydrogen-bond acceptors (Lipinski definition) is 6. The highest BCUT2D eigenvalue weighted by Gasteiger charge is 2.38. The van der Waals surface area contributed by atoms with Crippen molar-refractivity contribution in [1.82, 2.24) is 4.90 Å². The van der Waals surface area contributed by atoms with E-state index in [-0.39, 0.29) is 24.2 Å². The highest BCUT2D eigenvalue weighted by Crippen LogP contribution is 2.30. The summed E-state index contributed by atoms with van der Waals surface area (Å²) in [6.45, 7) is 7.98. The average molecular weight is 467 g/mol. The van der Waals surface area contributed by atoms with Crippen LogP contribution in [0.1, 0.15) is 42.6 Å². The number of carbonyl (C=O) groups is 1. The smallest absolute Gasteiger partial charge is 0.253 e. The van der Waals surface area contributed by atoms with Crippen LogP contribution in [0, 0.1) is 0 Å². The van der Waals surface area contributed by atoms with Crippen LogP contribution in [0.15, 0.2) is 48.5 Å². The molecule has 7 heteroatoms. The molecule has 0 aromatic heterocycles. The van der Waals surface area contributed by atoms with E-state index in [0.29, 0.717) is 31.9 Å². The largest absolute Gasteiger partial charge is 0.490 e.